The third-order valence-electron chi connectivity index (χ3n) is 4.93. The summed E-state index contributed by atoms with van der Waals surface area (Å²) >= 11 is 0. The highest BCUT2D eigenvalue weighted by molar-refractivity contribution is 8.76. The largest absolute Gasteiger partial charge is 0.327 e. The second-order valence-electron chi connectivity index (χ2n) is 7.39. The van der Waals surface area contributed by atoms with E-state index in [0.29, 0.717) is 11.4 Å². The SMILES string of the molecule is Cc1ccc(NS(=O)(=O)c2ccccc2)cc1NC(=O)C1CCCC(N)CSSC1. The maximum absolute atomic E-state index is 12.9. The molecule has 0 aromatic heterocycles. The Kier molecular flexibility index (Phi) is 8.10. The molecule has 0 saturated carbocycles. The van der Waals surface area contributed by atoms with E-state index in [4.69, 9.17) is 5.73 Å². The Morgan fingerprint density at radius 2 is 1.80 bits per heavy atom. The first-order valence-electron chi connectivity index (χ1n) is 9.84. The number of carbonyl (C=O) groups is 1. The van der Waals surface area contributed by atoms with Gasteiger partial charge < -0.3 is 11.1 Å². The van der Waals surface area contributed by atoms with Crippen molar-refractivity contribution >= 4 is 48.9 Å². The van der Waals surface area contributed by atoms with Crippen molar-refractivity contribution in [2.45, 2.75) is 37.1 Å². The van der Waals surface area contributed by atoms with Crippen LogP contribution in [0.3, 0.4) is 0 Å². The number of benzene rings is 2. The molecule has 1 heterocycles. The van der Waals surface area contributed by atoms with Gasteiger partial charge in [-0.25, -0.2) is 8.42 Å². The molecule has 9 heteroatoms. The zero-order valence-electron chi connectivity index (χ0n) is 16.8. The van der Waals surface area contributed by atoms with Gasteiger partial charge in [-0.15, -0.1) is 0 Å². The zero-order valence-corrected chi connectivity index (χ0v) is 19.3. The van der Waals surface area contributed by atoms with Crippen LogP contribution in [0.25, 0.3) is 0 Å². The standard InChI is InChI=1S/C21H27N3O3S3/c1-15-10-11-18(24-30(26,27)19-8-3-2-4-9-19)12-20(15)23-21(25)16-6-5-7-17(22)14-29-28-13-16/h2-4,8-12,16-17,24H,5-7,13-14,22H2,1H3,(H,23,25). The maximum atomic E-state index is 12.9. The van der Waals surface area contributed by atoms with Gasteiger partial charge in [0.1, 0.15) is 0 Å². The molecule has 30 heavy (non-hydrogen) atoms. The number of hydrogen-bond acceptors (Lipinski definition) is 6. The molecule has 1 saturated heterocycles. The van der Waals surface area contributed by atoms with Gasteiger partial charge in [-0.3, -0.25) is 9.52 Å². The van der Waals surface area contributed by atoms with Gasteiger partial charge in [-0.2, -0.15) is 0 Å². The van der Waals surface area contributed by atoms with Crippen LogP contribution in [-0.4, -0.2) is 31.9 Å². The molecule has 1 aliphatic rings. The summed E-state index contributed by atoms with van der Waals surface area (Å²) in [5.41, 5.74) is 7.95. The van der Waals surface area contributed by atoms with Gasteiger partial charge in [0.05, 0.1) is 10.6 Å². The summed E-state index contributed by atoms with van der Waals surface area (Å²) in [6.07, 6.45) is 2.65. The number of nitrogens with two attached hydrogens (primary N) is 1. The molecule has 0 aliphatic carbocycles. The average molecular weight is 466 g/mol. The molecular weight excluding hydrogens is 438 g/mol. The van der Waals surface area contributed by atoms with Crippen molar-refractivity contribution < 1.29 is 13.2 Å². The van der Waals surface area contributed by atoms with E-state index in [1.54, 1.807) is 58.0 Å². The smallest absolute Gasteiger partial charge is 0.261 e. The van der Waals surface area contributed by atoms with E-state index in [9.17, 15) is 13.2 Å². The Bertz CT molecular complexity index is 968. The monoisotopic (exact) mass is 465 g/mol. The molecule has 6 nitrogen and oxygen atoms in total. The molecule has 1 fully saturated rings. The minimum atomic E-state index is -3.69. The highest BCUT2D eigenvalue weighted by Crippen LogP contribution is 2.31. The van der Waals surface area contributed by atoms with Gasteiger partial charge in [0.15, 0.2) is 0 Å². The Labute approximate surface area is 186 Å². The summed E-state index contributed by atoms with van der Waals surface area (Å²) in [6, 6.07) is 13.5. The van der Waals surface area contributed by atoms with E-state index in [2.05, 4.69) is 10.0 Å². The van der Waals surface area contributed by atoms with E-state index in [-0.39, 0.29) is 22.8 Å². The molecule has 1 aliphatic heterocycles. The predicted molar refractivity (Wildman–Crippen MR) is 127 cm³/mol. The third-order valence-corrected chi connectivity index (χ3v) is 8.92. The molecule has 3 rings (SSSR count). The minimum Gasteiger partial charge on any atom is -0.327 e. The minimum absolute atomic E-state index is 0.0373. The first-order valence-corrected chi connectivity index (χ1v) is 13.8. The van der Waals surface area contributed by atoms with Crippen LogP contribution in [0.15, 0.2) is 53.4 Å². The lowest BCUT2D eigenvalue weighted by molar-refractivity contribution is -0.119. The van der Waals surface area contributed by atoms with Crippen molar-refractivity contribution in [3.8, 4) is 0 Å². The van der Waals surface area contributed by atoms with E-state index >= 15 is 0 Å². The van der Waals surface area contributed by atoms with E-state index < -0.39 is 10.0 Å². The topological polar surface area (TPSA) is 101 Å². The van der Waals surface area contributed by atoms with Gasteiger partial charge in [0.25, 0.3) is 10.0 Å². The highest BCUT2D eigenvalue weighted by Gasteiger charge is 2.22. The van der Waals surface area contributed by atoms with Crippen molar-refractivity contribution in [2.24, 2.45) is 11.7 Å². The molecule has 0 radical (unpaired) electrons. The van der Waals surface area contributed by atoms with Gasteiger partial charge in [0.2, 0.25) is 5.91 Å². The summed E-state index contributed by atoms with van der Waals surface area (Å²) in [5.74, 6) is 1.51. The second kappa shape index (κ2) is 10.6. The van der Waals surface area contributed by atoms with E-state index in [0.717, 1.165) is 36.3 Å². The molecule has 2 aromatic carbocycles. The normalized spacial score (nSPS) is 20.5. The van der Waals surface area contributed by atoms with Gasteiger partial charge >= 0.3 is 0 Å². The quantitative estimate of drug-likeness (QED) is 0.571. The zero-order chi connectivity index (χ0) is 21.6. The second-order valence-corrected chi connectivity index (χ2v) is 11.6. The summed E-state index contributed by atoms with van der Waals surface area (Å²) in [7, 11) is -0.278. The number of amides is 1. The van der Waals surface area contributed by atoms with Crippen molar-refractivity contribution in [3.05, 3.63) is 54.1 Å². The van der Waals surface area contributed by atoms with Crippen LogP contribution < -0.4 is 15.8 Å². The summed E-state index contributed by atoms with van der Waals surface area (Å²) in [6.45, 7) is 1.89. The van der Waals surface area contributed by atoms with Crippen LogP contribution in [0.2, 0.25) is 0 Å². The molecule has 2 atom stereocenters. The van der Waals surface area contributed by atoms with Crippen LogP contribution in [0, 0.1) is 12.8 Å². The van der Waals surface area contributed by atoms with Crippen LogP contribution in [-0.2, 0) is 14.8 Å². The molecule has 2 aromatic rings. The predicted octanol–water partition coefficient (Wildman–Crippen LogP) is 4.24. The molecule has 0 spiro atoms. The third kappa shape index (κ3) is 6.41. The molecule has 0 bridgehead atoms. The maximum Gasteiger partial charge on any atom is 0.261 e. The van der Waals surface area contributed by atoms with Crippen LogP contribution in [0.1, 0.15) is 24.8 Å². The fourth-order valence-corrected chi connectivity index (χ4v) is 6.82. The fourth-order valence-electron chi connectivity index (χ4n) is 3.13. The number of carbonyl (C=O) groups excluding carboxylic acids is 1. The van der Waals surface area contributed by atoms with Crippen molar-refractivity contribution in [1.29, 1.82) is 0 Å². The van der Waals surface area contributed by atoms with Crippen molar-refractivity contribution in [1.82, 2.24) is 0 Å². The summed E-state index contributed by atoms with van der Waals surface area (Å²) in [4.78, 5) is 13.1. The Morgan fingerprint density at radius 3 is 2.57 bits per heavy atom. The lowest BCUT2D eigenvalue weighted by Gasteiger charge is -2.17. The number of aryl methyl sites for hydroxylation is 1. The van der Waals surface area contributed by atoms with E-state index in [1.807, 2.05) is 6.92 Å². The number of hydrogen-bond donors (Lipinski definition) is 3. The van der Waals surface area contributed by atoms with Crippen LogP contribution in [0.4, 0.5) is 11.4 Å². The van der Waals surface area contributed by atoms with Crippen LogP contribution >= 0.6 is 21.6 Å². The Balaban J connectivity index is 1.71. The van der Waals surface area contributed by atoms with Gasteiger partial charge in [-0.1, -0.05) is 52.3 Å². The van der Waals surface area contributed by atoms with Crippen LogP contribution in [0.5, 0.6) is 0 Å². The number of nitrogens with one attached hydrogen (secondary N) is 2. The summed E-state index contributed by atoms with van der Waals surface area (Å²) in [5, 5.41) is 3.00. The van der Waals surface area contributed by atoms with Gasteiger partial charge in [-0.05, 0) is 49.6 Å². The first-order chi connectivity index (χ1) is 14.3. The Morgan fingerprint density at radius 1 is 1.07 bits per heavy atom. The van der Waals surface area contributed by atoms with Gasteiger partial charge in [0, 0.05) is 29.2 Å². The average Bonchev–Trinajstić information content (AvgIpc) is 2.83. The lowest BCUT2D eigenvalue weighted by atomic mass is 10.0. The summed E-state index contributed by atoms with van der Waals surface area (Å²) < 4.78 is 27.8. The molecule has 2 unspecified atom stereocenters. The number of sulfonamides is 1. The van der Waals surface area contributed by atoms with E-state index in [1.165, 1.54) is 12.1 Å². The fraction of sp³-hybridized carbons (Fsp3) is 0.381. The molecule has 1 amide bonds. The highest BCUT2D eigenvalue weighted by atomic mass is 33.1. The number of anilines is 2. The molecular formula is C21H27N3O3S3. The number of rotatable bonds is 5. The molecule has 4 N–H and O–H groups in total. The lowest BCUT2D eigenvalue weighted by Crippen LogP contribution is -2.25. The van der Waals surface area contributed by atoms with Crippen molar-refractivity contribution in [2.75, 3.05) is 21.5 Å². The first kappa shape index (κ1) is 23.0. The van der Waals surface area contributed by atoms with Crippen molar-refractivity contribution in [3.63, 3.8) is 0 Å². The Hall–Kier alpha value is -1.68. The molecule has 162 valence electrons.